The highest BCUT2D eigenvalue weighted by atomic mass is 19.3. The Kier molecular flexibility index (Phi) is 14.5. The number of carbonyl (C=O) groups excluding carboxylic acids is 1. The zero-order valence-electron chi connectivity index (χ0n) is 28.0. The molecule has 0 spiro atoms. The van der Waals surface area contributed by atoms with Crippen molar-refractivity contribution in [3.8, 4) is 0 Å². The van der Waals surface area contributed by atoms with Crippen molar-refractivity contribution in [1.82, 2.24) is 0 Å². The first-order chi connectivity index (χ1) is 21.5. The molecule has 0 bridgehead atoms. The summed E-state index contributed by atoms with van der Waals surface area (Å²) in [7, 11) is -1.08. The third-order valence-corrected chi connectivity index (χ3v) is 8.36. The summed E-state index contributed by atoms with van der Waals surface area (Å²) in [6, 6.07) is 13.4. The van der Waals surface area contributed by atoms with Gasteiger partial charge in [0.1, 0.15) is 5.69 Å². The molecule has 0 aromatic heterocycles. The monoisotopic (exact) mass is 685 g/mol. The predicted molar refractivity (Wildman–Crippen MR) is 182 cm³/mol. The molecular weight excluding hydrogens is 636 g/mol. The number of nitroso groups, excluding NO2 is 1. The van der Waals surface area contributed by atoms with Gasteiger partial charge in [0.15, 0.2) is 0 Å². The number of hydrogen-bond acceptors (Lipinski definition) is 10. The Morgan fingerprint density at radius 3 is 1.48 bits per heavy atom. The predicted octanol–water partition coefficient (Wildman–Crippen LogP) is 4.08. The zero-order chi connectivity index (χ0) is 36.1. The van der Waals surface area contributed by atoms with Crippen molar-refractivity contribution in [3.63, 3.8) is 0 Å². The molecule has 17 heteroatoms. The summed E-state index contributed by atoms with van der Waals surface area (Å²) in [5, 5.41) is 5.07. The first kappa shape index (κ1) is 43.1. The van der Waals surface area contributed by atoms with Crippen molar-refractivity contribution < 1.29 is 41.0 Å². The summed E-state index contributed by atoms with van der Waals surface area (Å²) in [5.41, 5.74) is 14.4. The van der Waals surface area contributed by atoms with E-state index in [0.29, 0.717) is 11.2 Å². The first-order valence-corrected chi connectivity index (χ1v) is 14.9. The number of anilines is 1. The van der Waals surface area contributed by atoms with E-state index in [9.17, 15) is 27.3 Å². The molecule has 0 aliphatic carbocycles. The van der Waals surface area contributed by atoms with Crippen LogP contribution < -0.4 is 33.4 Å². The summed E-state index contributed by atoms with van der Waals surface area (Å²) in [6.07, 6.45) is 0. The van der Waals surface area contributed by atoms with E-state index in [1.54, 1.807) is 36.4 Å². The smallest absolute Gasteiger partial charge is 0.399 e. The molecule has 0 saturated carbocycles. The molecule has 2 saturated heterocycles. The van der Waals surface area contributed by atoms with Crippen LogP contribution >= 0.6 is 0 Å². The number of carbonyl (C=O) groups is 1. The summed E-state index contributed by atoms with van der Waals surface area (Å²) < 4.78 is 73.3. The van der Waals surface area contributed by atoms with E-state index in [-0.39, 0.29) is 24.3 Å². The minimum atomic E-state index is -3.61. The van der Waals surface area contributed by atoms with Crippen molar-refractivity contribution in [2.45, 2.75) is 97.1 Å². The normalized spacial score (nSPS) is 18.8. The maximum Gasteiger partial charge on any atom is 0.494 e. The van der Waals surface area contributed by atoms with Gasteiger partial charge in [-0.2, -0.15) is 8.78 Å². The van der Waals surface area contributed by atoms with Crippen molar-refractivity contribution in [2.24, 2.45) is 22.4 Å². The lowest BCUT2D eigenvalue weighted by atomic mass is 9.79. The van der Waals surface area contributed by atoms with Crippen molar-refractivity contribution in [3.05, 3.63) is 53.4 Å². The van der Waals surface area contributed by atoms with Crippen molar-refractivity contribution in [2.75, 3.05) is 25.0 Å². The van der Waals surface area contributed by atoms with Crippen LogP contribution in [0.2, 0.25) is 0 Å². The zero-order valence-corrected chi connectivity index (χ0v) is 28.0. The van der Waals surface area contributed by atoms with Crippen molar-refractivity contribution in [1.29, 1.82) is 0 Å². The molecule has 7 N–H and O–H groups in total. The van der Waals surface area contributed by atoms with Crippen LogP contribution in [0.25, 0.3) is 0 Å². The maximum absolute atomic E-state index is 13.3. The summed E-state index contributed by atoms with van der Waals surface area (Å²) >= 11 is 0. The van der Waals surface area contributed by atoms with Crippen LogP contribution in [0.1, 0.15) is 62.8 Å². The lowest BCUT2D eigenvalue weighted by molar-refractivity contribution is -0.138. The third kappa shape index (κ3) is 10.8. The molecule has 0 atom stereocenters. The van der Waals surface area contributed by atoms with Gasteiger partial charge >= 0.3 is 20.2 Å². The quantitative estimate of drug-likeness (QED) is 0.182. The number of nitrogens with two attached hydrogens (primary N) is 3. The number of rotatable bonds is 8. The summed E-state index contributed by atoms with van der Waals surface area (Å²) in [4.78, 5) is 22.0. The van der Waals surface area contributed by atoms with Gasteiger partial charge in [-0.1, -0.05) is 31.7 Å². The van der Waals surface area contributed by atoms with E-state index < -0.39 is 62.8 Å². The van der Waals surface area contributed by atoms with Gasteiger partial charge in [0.2, 0.25) is 0 Å². The molecule has 2 aromatic rings. The molecule has 2 aliphatic rings. The lowest BCUT2D eigenvalue weighted by Gasteiger charge is -2.32. The van der Waals surface area contributed by atoms with E-state index >= 15 is 0 Å². The topological polar surface area (TPSA) is 174 Å². The maximum atomic E-state index is 13.3. The van der Waals surface area contributed by atoms with Gasteiger partial charge in [0.05, 0.1) is 42.0 Å². The largest absolute Gasteiger partial charge is 0.494 e. The van der Waals surface area contributed by atoms with Gasteiger partial charge < -0.3 is 41.1 Å². The minimum absolute atomic E-state index is 0. The third-order valence-electron chi connectivity index (χ3n) is 8.36. The molecule has 0 unspecified atom stereocenters. The van der Waals surface area contributed by atoms with Crippen LogP contribution in [0.15, 0.2) is 53.7 Å². The standard InChI is InChI=1S/C15H21BF2N2O3.C12H16BNO3.C3H8F2N2.CH4/c1-13(2)14(3,4)23-16(22-13)10-6-5-7-11(8-10)20-12(21)15(17,18)9-19;1-11(2)12(3,4)17-13(16-11)9-6-5-7-10(8-9)14-15;4-3(5,1-6)2-7;/h5-8H,9,19H2,1-4H3,(H,20,21);5-8H,1-4H3;1-2,6-7H2;1H4. The number of hydrogen-bond donors (Lipinski definition) is 4. The Bertz CT molecular complexity index is 1350. The molecule has 48 heavy (non-hydrogen) atoms. The SMILES string of the molecule is C.CC1(C)OB(c2cccc(N=O)c2)OC1(C)C.CC1(C)OB(c2cccc(NC(=O)C(F)(F)CN)c2)OC1(C)C.NCC(F)(F)CN. The minimum Gasteiger partial charge on any atom is -0.399 e. The highest BCUT2D eigenvalue weighted by Crippen LogP contribution is 2.37. The second kappa shape index (κ2) is 16.2. The second-order valence-electron chi connectivity index (χ2n) is 13.1. The number of nitrogens with zero attached hydrogens (tertiary/aromatic N) is 1. The number of amides is 1. The first-order valence-electron chi connectivity index (χ1n) is 14.9. The molecule has 4 rings (SSSR count). The van der Waals surface area contributed by atoms with Crippen LogP contribution in [0, 0.1) is 4.91 Å². The highest BCUT2D eigenvalue weighted by molar-refractivity contribution is 6.62. The molecule has 2 fully saturated rings. The van der Waals surface area contributed by atoms with Gasteiger partial charge in [-0.25, -0.2) is 8.78 Å². The second-order valence-corrected chi connectivity index (χ2v) is 13.1. The van der Waals surface area contributed by atoms with Crippen LogP contribution in [-0.2, 0) is 23.4 Å². The molecule has 0 radical (unpaired) electrons. The molecule has 268 valence electrons. The molecular formula is C31H49B2F4N5O6. The van der Waals surface area contributed by atoms with E-state index in [4.69, 9.17) is 24.4 Å². The fraction of sp³-hybridized carbons (Fsp3) is 0.581. The molecule has 2 aromatic carbocycles. The van der Waals surface area contributed by atoms with Crippen molar-refractivity contribution >= 4 is 42.4 Å². The fourth-order valence-corrected chi connectivity index (χ4v) is 3.85. The fourth-order valence-electron chi connectivity index (χ4n) is 3.85. The molecule has 2 aliphatic heterocycles. The summed E-state index contributed by atoms with van der Waals surface area (Å²) in [5.74, 6) is -7.91. The number of nitrogens with one attached hydrogen (secondary N) is 1. The van der Waals surface area contributed by atoms with E-state index in [1.165, 1.54) is 6.07 Å². The van der Waals surface area contributed by atoms with Crippen LogP contribution in [0.5, 0.6) is 0 Å². The highest BCUT2D eigenvalue weighted by Gasteiger charge is 2.52. The molecule has 2 heterocycles. The molecule has 11 nitrogen and oxygen atoms in total. The lowest BCUT2D eigenvalue weighted by Crippen LogP contribution is -2.41. The Morgan fingerprint density at radius 2 is 1.12 bits per heavy atom. The average Bonchev–Trinajstić information content (AvgIpc) is 3.37. The Labute approximate surface area is 281 Å². The van der Waals surface area contributed by atoms with Gasteiger partial charge in [-0.05, 0) is 95.8 Å². The van der Waals surface area contributed by atoms with Gasteiger partial charge in [-0.15, -0.1) is 4.91 Å². The average molecular weight is 685 g/mol. The van der Waals surface area contributed by atoms with Crippen LogP contribution in [0.4, 0.5) is 28.9 Å². The number of benzene rings is 2. The van der Waals surface area contributed by atoms with Crippen LogP contribution in [-0.4, -0.2) is 74.0 Å². The summed E-state index contributed by atoms with van der Waals surface area (Å²) in [6.45, 7) is 13.3. The van der Waals surface area contributed by atoms with Gasteiger partial charge in [0, 0.05) is 5.69 Å². The van der Waals surface area contributed by atoms with E-state index in [0.717, 1.165) is 5.46 Å². The van der Waals surface area contributed by atoms with Gasteiger partial charge in [-0.3, -0.25) is 4.79 Å². The van der Waals surface area contributed by atoms with Gasteiger partial charge in [0.25, 0.3) is 11.8 Å². The van der Waals surface area contributed by atoms with E-state index in [1.807, 2.05) is 61.5 Å². The molecule has 1 amide bonds. The van der Waals surface area contributed by atoms with E-state index in [2.05, 4.69) is 22.0 Å². The Hall–Kier alpha value is -2.92. The number of alkyl halides is 4. The van der Waals surface area contributed by atoms with Crippen LogP contribution in [0.3, 0.4) is 0 Å². The Morgan fingerprint density at radius 1 is 0.729 bits per heavy atom. The Balaban J connectivity index is 0.000000405. The number of halogens is 4.